The largest absolute Gasteiger partial charge is 0.488 e. The van der Waals surface area contributed by atoms with Gasteiger partial charge in [-0.05, 0) is 75.9 Å². The summed E-state index contributed by atoms with van der Waals surface area (Å²) < 4.78 is 20.4. The van der Waals surface area contributed by atoms with Crippen molar-refractivity contribution < 1.29 is 9.13 Å². The van der Waals surface area contributed by atoms with E-state index in [1.807, 2.05) is 54.6 Å². The number of hydrogen-bond donors (Lipinski definition) is 1. The van der Waals surface area contributed by atoms with Crippen molar-refractivity contribution in [3.05, 3.63) is 98.7 Å². The first-order chi connectivity index (χ1) is 13.1. The molecule has 0 radical (unpaired) electrons. The number of benzene rings is 3. The van der Waals surface area contributed by atoms with Crippen LogP contribution in [0.25, 0.3) is 0 Å². The fraction of sp³-hybridized carbons (Fsp3) is 0.182. The Balaban J connectivity index is 1.47. The lowest BCUT2D eigenvalue weighted by molar-refractivity contribution is 0.304. The lowest BCUT2D eigenvalue weighted by Gasteiger charge is -2.11. The molecule has 0 aliphatic carbocycles. The van der Waals surface area contributed by atoms with E-state index in [2.05, 4.69) is 21.2 Å². The quantitative estimate of drug-likeness (QED) is 0.417. The van der Waals surface area contributed by atoms with E-state index in [1.165, 1.54) is 6.07 Å². The van der Waals surface area contributed by atoms with E-state index >= 15 is 0 Å². The van der Waals surface area contributed by atoms with E-state index in [-0.39, 0.29) is 5.82 Å². The zero-order valence-electron chi connectivity index (χ0n) is 14.7. The third-order valence-electron chi connectivity index (χ3n) is 4.16. The number of rotatable bonds is 8. The van der Waals surface area contributed by atoms with E-state index in [0.29, 0.717) is 31.1 Å². The van der Waals surface area contributed by atoms with Crippen molar-refractivity contribution in [3.63, 3.8) is 0 Å². The molecule has 0 saturated carbocycles. The van der Waals surface area contributed by atoms with Gasteiger partial charge in [0.25, 0.3) is 0 Å². The highest BCUT2D eigenvalue weighted by molar-refractivity contribution is 9.10. The minimum atomic E-state index is -0.149. The van der Waals surface area contributed by atoms with Crippen LogP contribution in [-0.2, 0) is 19.6 Å². The molecule has 0 heterocycles. The highest BCUT2D eigenvalue weighted by atomic mass is 79.9. The Morgan fingerprint density at radius 3 is 2.44 bits per heavy atom. The first-order valence-corrected chi connectivity index (χ1v) is 9.89. The maximum atomic E-state index is 13.6. The number of halogens is 3. The van der Waals surface area contributed by atoms with Crippen molar-refractivity contribution in [1.29, 1.82) is 0 Å². The molecule has 3 aromatic rings. The van der Waals surface area contributed by atoms with Gasteiger partial charge in [0.05, 0.1) is 4.47 Å². The summed E-state index contributed by atoms with van der Waals surface area (Å²) >= 11 is 9.46. The highest BCUT2D eigenvalue weighted by Crippen LogP contribution is 2.27. The lowest BCUT2D eigenvalue weighted by Crippen LogP contribution is -2.17. The molecule has 0 saturated heterocycles. The summed E-state index contributed by atoms with van der Waals surface area (Å²) in [5.74, 6) is 0.643. The Kier molecular flexibility index (Phi) is 7.27. The van der Waals surface area contributed by atoms with Gasteiger partial charge in [-0.3, -0.25) is 0 Å². The molecule has 0 aliphatic heterocycles. The zero-order valence-corrected chi connectivity index (χ0v) is 17.1. The normalized spacial score (nSPS) is 10.8. The van der Waals surface area contributed by atoms with Gasteiger partial charge in [-0.15, -0.1) is 0 Å². The molecule has 0 aromatic heterocycles. The topological polar surface area (TPSA) is 21.3 Å². The molecule has 27 heavy (non-hydrogen) atoms. The smallest absolute Gasteiger partial charge is 0.134 e. The SMILES string of the molecule is Fc1ccccc1CCNCc1ccc(OCc2ccc(Cl)cc2)c(Br)c1. The predicted molar refractivity (Wildman–Crippen MR) is 112 cm³/mol. The van der Waals surface area contributed by atoms with Crippen molar-refractivity contribution in [3.8, 4) is 5.75 Å². The first-order valence-electron chi connectivity index (χ1n) is 8.71. The van der Waals surface area contributed by atoms with Crippen LogP contribution in [0.3, 0.4) is 0 Å². The van der Waals surface area contributed by atoms with Crippen LogP contribution in [0, 0.1) is 5.82 Å². The zero-order chi connectivity index (χ0) is 19.1. The molecule has 2 nitrogen and oxygen atoms in total. The summed E-state index contributed by atoms with van der Waals surface area (Å²) in [5, 5.41) is 4.06. The molecule has 1 N–H and O–H groups in total. The lowest BCUT2D eigenvalue weighted by atomic mass is 10.1. The molecule has 5 heteroatoms. The summed E-state index contributed by atoms with van der Waals surface area (Å²) in [6.07, 6.45) is 0.663. The maximum absolute atomic E-state index is 13.6. The standard InChI is InChI=1S/C22H20BrClFNO/c23-20-13-17(14-26-12-11-18-3-1-2-4-21(18)25)7-10-22(20)27-15-16-5-8-19(24)9-6-16/h1-10,13,26H,11-12,14-15H2. The maximum Gasteiger partial charge on any atom is 0.134 e. The third-order valence-corrected chi connectivity index (χ3v) is 5.03. The van der Waals surface area contributed by atoms with Gasteiger partial charge in [0.15, 0.2) is 0 Å². The fourth-order valence-electron chi connectivity index (χ4n) is 2.67. The number of hydrogen-bond acceptors (Lipinski definition) is 2. The molecule has 3 aromatic carbocycles. The van der Waals surface area contributed by atoms with Crippen LogP contribution in [0.4, 0.5) is 4.39 Å². The molecule has 140 valence electrons. The average molecular weight is 449 g/mol. The molecule has 0 atom stereocenters. The summed E-state index contributed by atoms with van der Waals surface area (Å²) in [5.41, 5.74) is 2.93. The van der Waals surface area contributed by atoms with Gasteiger partial charge < -0.3 is 10.1 Å². The van der Waals surface area contributed by atoms with Gasteiger partial charge >= 0.3 is 0 Å². The molecular formula is C22H20BrClFNO. The van der Waals surface area contributed by atoms with Crippen LogP contribution in [-0.4, -0.2) is 6.54 Å². The fourth-order valence-corrected chi connectivity index (χ4v) is 3.34. The molecule has 3 rings (SSSR count). The van der Waals surface area contributed by atoms with Crippen LogP contribution in [0.2, 0.25) is 5.02 Å². The van der Waals surface area contributed by atoms with Gasteiger partial charge in [-0.1, -0.05) is 48.0 Å². The van der Waals surface area contributed by atoms with Gasteiger partial charge in [0.1, 0.15) is 18.2 Å². The van der Waals surface area contributed by atoms with E-state index in [9.17, 15) is 4.39 Å². The van der Waals surface area contributed by atoms with Crippen molar-refractivity contribution >= 4 is 27.5 Å². The van der Waals surface area contributed by atoms with E-state index in [1.54, 1.807) is 6.07 Å². The Morgan fingerprint density at radius 2 is 1.70 bits per heavy atom. The molecule has 0 bridgehead atoms. The van der Waals surface area contributed by atoms with E-state index in [0.717, 1.165) is 26.9 Å². The molecule has 0 unspecified atom stereocenters. The second-order valence-electron chi connectivity index (χ2n) is 6.20. The Hall–Kier alpha value is -1.88. The van der Waals surface area contributed by atoms with Crippen molar-refractivity contribution in [2.75, 3.05) is 6.54 Å². The number of ether oxygens (including phenoxy) is 1. The Morgan fingerprint density at radius 1 is 0.963 bits per heavy atom. The van der Waals surface area contributed by atoms with E-state index < -0.39 is 0 Å². The van der Waals surface area contributed by atoms with Gasteiger partial charge in [-0.25, -0.2) is 4.39 Å². The van der Waals surface area contributed by atoms with Crippen LogP contribution < -0.4 is 10.1 Å². The minimum absolute atomic E-state index is 0.149. The first kappa shape index (κ1) is 19.9. The highest BCUT2D eigenvalue weighted by Gasteiger charge is 2.05. The van der Waals surface area contributed by atoms with Crippen LogP contribution in [0.1, 0.15) is 16.7 Å². The van der Waals surface area contributed by atoms with Crippen molar-refractivity contribution in [2.24, 2.45) is 0 Å². The van der Waals surface area contributed by atoms with Crippen molar-refractivity contribution in [1.82, 2.24) is 5.32 Å². The summed E-state index contributed by atoms with van der Waals surface area (Å²) in [4.78, 5) is 0. The molecular weight excluding hydrogens is 429 g/mol. The van der Waals surface area contributed by atoms with Crippen LogP contribution >= 0.6 is 27.5 Å². The molecule has 0 spiro atoms. The number of nitrogens with one attached hydrogen (secondary N) is 1. The van der Waals surface area contributed by atoms with Crippen molar-refractivity contribution in [2.45, 2.75) is 19.6 Å². The minimum Gasteiger partial charge on any atom is -0.488 e. The molecule has 0 fully saturated rings. The third kappa shape index (κ3) is 6.06. The summed E-state index contributed by atoms with van der Waals surface area (Å²) in [6.45, 7) is 1.91. The van der Waals surface area contributed by atoms with E-state index in [4.69, 9.17) is 16.3 Å². The average Bonchev–Trinajstić information content (AvgIpc) is 2.67. The molecule has 0 aliphatic rings. The Labute approximate surface area is 172 Å². The second kappa shape index (κ2) is 9.88. The van der Waals surface area contributed by atoms with Crippen LogP contribution in [0.15, 0.2) is 71.2 Å². The predicted octanol–water partition coefficient (Wildman–Crippen LogP) is 6.15. The molecule has 0 amide bonds. The van der Waals surface area contributed by atoms with Crippen LogP contribution in [0.5, 0.6) is 5.75 Å². The monoisotopic (exact) mass is 447 g/mol. The second-order valence-corrected chi connectivity index (χ2v) is 7.49. The van der Waals surface area contributed by atoms with Gasteiger partial charge in [0, 0.05) is 11.6 Å². The van der Waals surface area contributed by atoms with Gasteiger partial charge in [0.2, 0.25) is 0 Å². The summed E-state index contributed by atoms with van der Waals surface area (Å²) in [6, 6.07) is 20.5. The summed E-state index contributed by atoms with van der Waals surface area (Å²) in [7, 11) is 0. The van der Waals surface area contributed by atoms with Gasteiger partial charge in [-0.2, -0.15) is 0 Å². The Bertz CT molecular complexity index is 886.